The van der Waals surface area contributed by atoms with Gasteiger partial charge in [0.1, 0.15) is 0 Å². The molecule has 3 N–H and O–H groups in total. The molecule has 14 heavy (non-hydrogen) atoms. The monoisotopic (exact) mass is 197 g/mol. The number of hydrogen-bond acceptors (Lipinski definition) is 5. The van der Waals surface area contributed by atoms with Gasteiger partial charge in [0.05, 0.1) is 6.20 Å². The molecule has 5 nitrogen and oxygen atoms in total. The number of nitrogen functional groups attached to an aromatic ring is 1. The van der Waals surface area contributed by atoms with Crippen LogP contribution >= 0.6 is 0 Å². The molecule has 0 radical (unpaired) electrons. The first-order chi connectivity index (χ1) is 6.77. The van der Waals surface area contributed by atoms with Crippen molar-refractivity contribution >= 4 is 11.8 Å². The molecule has 1 aliphatic heterocycles. The average molecular weight is 197 g/mol. The number of hydrogen-bond donors (Lipinski definition) is 2. The number of nitrogens with one attached hydrogen (secondary N) is 1. The van der Waals surface area contributed by atoms with Gasteiger partial charge in [-0.25, -0.2) is 9.37 Å². The molecular formula is C8H12FN5. The summed E-state index contributed by atoms with van der Waals surface area (Å²) in [4.78, 5) is 9.33. The van der Waals surface area contributed by atoms with Crippen LogP contribution in [0.3, 0.4) is 0 Å². The first-order valence-corrected chi connectivity index (χ1v) is 4.51. The van der Waals surface area contributed by atoms with Gasteiger partial charge in [0.25, 0.3) is 0 Å². The Labute approximate surface area is 81.1 Å². The highest BCUT2D eigenvalue weighted by atomic mass is 19.1. The van der Waals surface area contributed by atoms with E-state index in [1.165, 1.54) is 0 Å². The van der Waals surface area contributed by atoms with Gasteiger partial charge in [-0.15, -0.1) is 0 Å². The summed E-state index contributed by atoms with van der Waals surface area (Å²) in [6, 6.07) is 0. The van der Waals surface area contributed by atoms with Crippen molar-refractivity contribution in [1.29, 1.82) is 0 Å². The summed E-state index contributed by atoms with van der Waals surface area (Å²) in [5, 5.41) is 3.18. The van der Waals surface area contributed by atoms with Crippen LogP contribution in [0, 0.1) is 5.82 Å². The highest BCUT2D eigenvalue weighted by Crippen LogP contribution is 2.16. The van der Waals surface area contributed by atoms with Crippen LogP contribution in [0.5, 0.6) is 0 Å². The molecule has 1 aromatic heterocycles. The Balaban J connectivity index is 2.24. The Morgan fingerprint density at radius 1 is 1.43 bits per heavy atom. The van der Waals surface area contributed by atoms with E-state index in [9.17, 15) is 4.39 Å². The van der Waals surface area contributed by atoms with Gasteiger partial charge >= 0.3 is 0 Å². The van der Waals surface area contributed by atoms with E-state index >= 15 is 0 Å². The summed E-state index contributed by atoms with van der Waals surface area (Å²) in [5.74, 6) is 0.0000302. The van der Waals surface area contributed by atoms with Crippen LogP contribution < -0.4 is 16.0 Å². The van der Waals surface area contributed by atoms with Gasteiger partial charge in [0, 0.05) is 26.2 Å². The van der Waals surface area contributed by atoms with Gasteiger partial charge in [-0.2, -0.15) is 4.98 Å². The number of nitrogens with two attached hydrogens (primary N) is 1. The van der Waals surface area contributed by atoms with E-state index in [2.05, 4.69) is 15.3 Å². The molecule has 2 rings (SSSR count). The number of piperazine rings is 1. The minimum Gasteiger partial charge on any atom is -0.368 e. The maximum Gasteiger partial charge on any atom is 0.222 e. The third-order valence-corrected chi connectivity index (χ3v) is 2.16. The van der Waals surface area contributed by atoms with Crippen LogP contribution in [-0.2, 0) is 0 Å². The summed E-state index contributed by atoms with van der Waals surface area (Å²) in [5.41, 5.74) is 5.40. The van der Waals surface area contributed by atoms with E-state index < -0.39 is 5.82 Å². The summed E-state index contributed by atoms with van der Waals surface area (Å²) in [6.45, 7) is 3.16. The SMILES string of the molecule is Nc1ncc(F)c(N2CCNCC2)n1. The fraction of sp³-hybridized carbons (Fsp3) is 0.500. The van der Waals surface area contributed by atoms with Crippen LogP contribution in [0.25, 0.3) is 0 Å². The smallest absolute Gasteiger partial charge is 0.222 e. The molecule has 0 aliphatic carbocycles. The quantitative estimate of drug-likeness (QED) is 0.641. The van der Waals surface area contributed by atoms with E-state index in [0.717, 1.165) is 32.4 Å². The third-order valence-electron chi connectivity index (χ3n) is 2.16. The first-order valence-electron chi connectivity index (χ1n) is 4.51. The van der Waals surface area contributed by atoms with Crippen LogP contribution in [-0.4, -0.2) is 36.1 Å². The third kappa shape index (κ3) is 1.74. The summed E-state index contributed by atoms with van der Waals surface area (Å²) >= 11 is 0. The number of rotatable bonds is 1. The van der Waals surface area contributed by atoms with Crippen molar-refractivity contribution in [1.82, 2.24) is 15.3 Å². The largest absolute Gasteiger partial charge is 0.368 e. The Morgan fingerprint density at radius 2 is 2.14 bits per heavy atom. The maximum absolute atomic E-state index is 13.3. The highest BCUT2D eigenvalue weighted by Gasteiger charge is 2.16. The molecule has 6 heteroatoms. The molecule has 0 spiro atoms. The van der Waals surface area contributed by atoms with Gasteiger partial charge in [-0.05, 0) is 0 Å². The number of aromatic nitrogens is 2. The lowest BCUT2D eigenvalue weighted by molar-refractivity contribution is 0.556. The normalized spacial score (nSPS) is 17.1. The zero-order valence-electron chi connectivity index (χ0n) is 7.70. The molecule has 76 valence electrons. The number of anilines is 2. The molecule has 1 fully saturated rings. The lowest BCUT2D eigenvalue weighted by Crippen LogP contribution is -2.44. The highest BCUT2D eigenvalue weighted by molar-refractivity contribution is 5.42. The van der Waals surface area contributed by atoms with E-state index in [4.69, 9.17) is 5.73 Å². The predicted octanol–water partition coefficient (Wildman–Crippen LogP) is -0.393. The standard InChI is InChI=1S/C8H12FN5/c9-6-5-12-8(10)13-7(6)14-3-1-11-2-4-14/h5,11H,1-4H2,(H2,10,12,13). The van der Waals surface area contributed by atoms with E-state index in [1.54, 1.807) is 0 Å². The Hall–Kier alpha value is -1.43. The zero-order valence-corrected chi connectivity index (χ0v) is 7.70. The van der Waals surface area contributed by atoms with Crippen LogP contribution in [0.4, 0.5) is 16.2 Å². The Morgan fingerprint density at radius 3 is 2.86 bits per heavy atom. The van der Waals surface area contributed by atoms with Gasteiger partial charge in [-0.3, -0.25) is 0 Å². The van der Waals surface area contributed by atoms with Gasteiger partial charge in [0.2, 0.25) is 5.95 Å². The second-order valence-electron chi connectivity index (χ2n) is 3.14. The second kappa shape index (κ2) is 3.75. The molecule has 0 bridgehead atoms. The molecule has 2 heterocycles. The number of halogens is 1. The van der Waals surface area contributed by atoms with Gasteiger partial charge < -0.3 is 16.0 Å². The van der Waals surface area contributed by atoms with Crippen molar-refractivity contribution in [3.8, 4) is 0 Å². The van der Waals surface area contributed by atoms with Crippen molar-refractivity contribution in [3.05, 3.63) is 12.0 Å². The zero-order chi connectivity index (χ0) is 9.97. The summed E-state index contributed by atoms with van der Waals surface area (Å²) in [6.07, 6.45) is 1.11. The van der Waals surface area contributed by atoms with Crippen molar-refractivity contribution in [2.75, 3.05) is 36.8 Å². The molecule has 0 aromatic carbocycles. The molecule has 0 amide bonds. The molecule has 1 saturated heterocycles. The maximum atomic E-state index is 13.3. The van der Waals surface area contributed by atoms with E-state index in [-0.39, 0.29) is 5.95 Å². The lowest BCUT2D eigenvalue weighted by Gasteiger charge is -2.28. The fourth-order valence-electron chi connectivity index (χ4n) is 1.47. The van der Waals surface area contributed by atoms with Crippen LogP contribution in [0.2, 0.25) is 0 Å². The van der Waals surface area contributed by atoms with Gasteiger partial charge in [0.15, 0.2) is 11.6 Å². The molecular weight excluding hydrogens is 185 g/mol. The minimum absolute atomic E-state index is 0.111. The van der Waals surface area contributed by atoms with E-state index in [1.807, 2.05) is 4.90 Å². The lowest BCUT2D eigenvalue weighted by atomic mass is 10.3. The Bertz CT molecular complexity index is 324. The summed E-state index contributed by atoms with van der Waals surface area (Å²) < 4.78 is 13.3. The molecule has 0 unspecified atom stereocenters. The molecule has 1 aliphatic rings. The summed E-state index contributed by atoms with van der Waals surface area (Å²) in [7, 11) is 0. The first kappa shape index (κ1) is 9.14. The second-order valence-corrected chi connectivity index (χ2v) is 3.14. The fourth-order valence-corrected chi connectivity index (χ4v) is 1.47. The molecule has 0 saturated carbocycles. The molecule has 1 aromatic rings. The topological polar surface area (TPSA) is 67.1 Å². The van der Waals surface area contributed by atoms with Crippen LogP contribution in [0.15, 0.2) is 6.20 Å². The van der Waals surface area contributed by atoms with E-state index in [0.29, 0.717) is 5.82 Å². The molecule has 0 atom stereocenters. The van der Waals surface area contributed by atoms with Crippen molar-refractivity contribution in [2.45, 2.75) is 0 Å². The van der Waals surface area contributed by atoms with Crippen molar-refractivity contribution in [3.63, 3.8) is 0 Å². The minimum atomic E-state index is -0.416. The van der Waals surface area contributed by atoms with Crippen molar-refractivity contribution in [2.24, 2.45) is 0 Å². The van der Waals surface area contributed by atoms with Crippen molar-refractivity contribution < 1.29 is 4.39 Å². The van der Waals surface area contributed by atoms with Crippen LogP contribution in [0.1, 0.15) is 0 Å². The average Bonchev–Trinajstić information content (AvgIpc) is 2.23. The number of nitrogens with zero attached hydrogens (tertiary/aromatic N) is 3. The Kier molecular flexibility index (Phi) is 2.45. The van der Waals surface area contributed by atoms with Gasteiger partial charge in [-0.1, -0.05) is 0 Å². The predicted molar refractivity (Wildman–Crippen MR) is 51.5 cm³/mol.